The van der Waals surface area contributed by atoms with Gasteiger partial charge in [0.1, 0.15) is 6.10 Å². The lowest BCUT2D eigenvalue weighted by Crippen LogP contribution is -2.65. The van der Waals surface area contributed by atoms with Gasteiger partial charge in [0.2, 0.25) is 0 Å². The van der Waals surface area contributed by atoms with Crippen LogP contribution in [0.4, 0.5) is 0 Å². The number of fused-ring (bicyclic) bond motifs is 3. The molecule has 0 radical (unpaired) electrons. The molecule has 6 nitrogen and oxygen atoms in total. The molecule has 0 amide bonds. The molecule has 8 atom stereocenters. The summed E-state index contributed by atoms with van der Waals surface area (Å²) in [6.07, 6.45) is 2.97. The Bertz CT molecular complexity index is 1190. The van der Waals surface area contributed by atoms with E-state index in [-0.39, 0.29) is 28.6 Å². The molecule has 4 aliphatic rings. The molecule has 36 heavy (non-hydrogen) atoms. The molecule has 1 aromatic carbocycles. The minimum absolute atomic E-state index is 0.0413. The highest BCUT2D eigenvalue weighted by Gasteiger charge is 2.76. The standard InChI is InChI=1S/C30H36O6/c1-6-20(18-10-8-7-9-11-18)27(34)36-26-16(2)14-29-17(3)12-22-23(28(22,4)5)21(25(29)33)13-19(15-31)24(32)30(26,29)35/h6-11,13-14,17,21-24,26,31-32,35H,12,15H2,1-5H3/b20-6+/t17-,21+,22-,23+,24-,26+,29+,30+/m1/s1. The van der Waals surface area contributed by atoms with Crippen LogP contribution in [0.1, 0.15) is 46.6 Å². The van der Waals surface area contributed by atoms with Crippen LogP contribution in [0.3, 0.4) is 0 Å². The van der Waals surface area contributed by atoms with Crippen molar-refractivity contribution in [1.82, 2.24) is 0 Å². The van der Waals surface area contributed by atoms with Crippen LogP contribution in [0.2, 0.25) is 0 Å². The average Bonchev–Trinajstić information content (AvgIpc) is 3.34. The summed E-state index contributed by atoms with van der Waals surface area (Å²) in [6, 6.07) is 9.09. The van der Waals surface area contributed by atoms with Crippen LogP contribution in [0, 0.1) is 34.5 Å². The predicted molar refractivity (Wildman–Crippen MR) is 135 cm³/mol. The highest BCUT2D eigenvalue weighted by atomic mass is 16.6. The summed E-state index contributed by atoms with van der Waals surface area (Å²) >= 11 is 0. The van der Waals surface area contributed by atoms with E-state index in [4.69, 9.17) is 4.74 Å². The number of carbonyl (C=O) groups excluding carboxylic acids is 2. The molecule has 2 saturated carbocycles. The summed E-state index contributed by atoms with van der Waals surface area (Å²) in [5.74, 6) is -1.28. The fraction of sp³-hybridized carbons (Fsp3) is 0.533. The second-order valence-corrected chi connectivity index (χ2v) is 11.7. The molecule has 2 bridgehead atoms. The van der Waals surface area contributed by atoms with Crippen LogP contribution >= 0.6 is 0 Å². The first-order valence-electron chi connectivity index (χ1n) is 12.8. The quantitative estimate of drug-likeness (QED) is 0.338. The largest absolute Gasteiger partial charge is 0.451 e. The molecule has 1 aromatic rings. The predicted octanol–water partition coefficient (Wildman–Crippen LogP) is 3.47. The van der Waals surface area contributed by atoms with Gasteiger partial charge in [0.25, 0.3) is 0 Å². The molecule has 5 rings (SSSR count). The van der Waals surface area contributed by atoms with Crippen LogP contribution in [0.25, 0.3) is 5.57 Å². The topological polar surface area (TPSA) is 104 Å². The minimum Gasteiger partial charge on any atom is -0.451 e. The Morgan fingerprint density at radius 3 is 2.50 bits per heavy atom. The number of hydrogen-bond acceptors (Lipinski definition) is 6. The molecule has 4 aliphatic carbocycles. The third kappa shape index (κ3) is 3.07. The van der Waals surface area contributed by atoms with Gasteiger partial charge < -0.3 is 20.1 Å². The fourth-order valence-corrected chi connectivity index (χ4v) is 7.78. The monoisotopic (exact) mass is 492 g/mol. The lowest BCUT2D eigenvalue weighted by atomic mass is 9.59. The number of Topliss-reactive ketones (excluding diaryl/α,β-unsaturated/α-hetero) is 1. The Morgan fingerprint density at radius 2 is 1.89 bits per heavy atom. The zero-order valence-corrected chi connectivity index (χ0v) is 21.6. The highest BCUT2D eigenvalue weighted by Crippen LogP contribution is 2.71. The van der Waals surface area contributed by atoms with Gasteiger partial charge in [0, 0.05) is 5.92 Å². The van der Waals surface area contributed by atoms with E-state index in [2.05, 4.69) is 13.8 Å². The number of ether oxygens (including phenoxy) is 1. The smallest absolute Gasteiger partial charge is 0.339 e. The van der Waals surface area contributed by atoms with E-state index in [0.717, 1.165) is 0 Å². The van der Waals surface area contributed by atoms with Crippen molar-refractivity contribution in [2.75, 3.05) is 6.61 Å². The molecule has 0 aromatic heterocycles. The van der Waals surface area contributed by atoms with E-state index in [1.54, 1.807) is 44.2 Å². The molecule has 2 fully saturated rings. The number of carbonyl (C=O) groups is 2. The average molecular weight is 493 g/mol. The van der Waals surface area contributed by atoms with Crippen molar-refractivity contribution in [3.05, 3.63) is 65.3 Å². The number of benzene rings is 1. The number of ketones is 1. The van der Waals surface area contributed by atoms with Gasteiger partial charge >= 0.3 is 5.97 Å². The Hall–Kier alpha value is -2.54. The minimum atomic E-state index is -2.14. The molecule has 6 heteroatoms. The lowest BCUT2D eigenvalue weighted by molar-refractivity contribution is -0.200. The summed E-state index contributed by atoms with van der Waals surface area (Å²) in [5.41, 5.74) is -1.89. The zero-order valence-electron chi connectivity index (χ0n) is 21.6. The van der Waals surface area contributed by atoms with E-state index in [0.29, 0.717) is 29.0 Å². The first kappa shape index (κ1) is 25.1. The van der Waals surface area contributed by atoms with E-state index in [1.807, 2.05) is 25.1 Å². The molecule has 192 valence electrons. The van der Waals surface area contributed by atoms with E-state index in [1.165, 1.54) is 0 Å². The third-order valence-corrected chi connectivity index (χ3v) is 9.72. The second kappa shape index (κ2) is 8.23. The second-order valence-electron chi connectivity index (χ2n) is 11.7. The van der Waals surface area contributed by atoms with Crippen LogP contribution in [0.15, 0.2) is 59.7 Å². The Labute approximate surface area is 212 Å². The third-order valence-electron chi connectivity index (χ3n) is 9.72. The Morgan fingerprint density at radius 1 is 1.22 bits per heavy atom. The molecule has 0 unspecified atom stereocenters. The molecule has 1 spiro atoms. The summed E-state index contributed by atoms with van der Waals surface area (Å²) in [5, 5.41) is 34.3. The molecule has 0 aliphatic heterocycles. The van der Waals surface area contributed by atoms with Gasteiger partial charge in [-0.1, -0.05) is 69.3 Å². The fourth-order valence-electron chi connectivity index (χ4n) is 7.78. The zero-order chi connectivity index (χ0) is 26.2. The van der Waals surface area contributed by atoms with Crippen LogP contribution in [-0.2, 0) is 14.3 Å². The summed E-state index contributed by atoms with van der Waals surface area (Å²) in [4.78, 5) is 27.8. The summed E-state index contributed by atoms with van der Waals surface area (Å²) < 4.78 is 5.98. The normalized spacial score (nSPS) is 40.8. The van der Waals surface area contributed by atoms with E-state index < -0.39 is 41.7 Å². The van der Waals surface area contributed by atoms with Gasteiger partial charge in [-0.05, 0) is 60.1 Å². The van der Waals surface area contributed by atoms with Gasteiger partial charge in [-0.2, -0.15) is 0 Å². The van der Waals surface area contributed by atoms with Crippen molar-refractivity contribution in [2.24, 2.45) is 34.5 Å². The molecule has 0 saturated heterocycles. The van der Waals surface area contributed by atoms with Crippen molar-refractivity contribution in [3.63, 3.8) is 0 Å². The van der Waals surface area contributed by atoms with Gasteiger partial charge in [-0.15, -0.1) is 0 Å². The van der Waals surface area contributed by atoms with Gasteiger partial charge in [0.05, 0.1) is 17.6 Å². The number of esters is 1. The molecule has 3 N–H and O–H groups in total. The molecular weight excluding hydrogens is 456 g/mol. The number of allylic oxidation sites excluding steroid dienone is 2. The highest BCUT2D eigenvalue weighted by molar-refractivity contribution is 6.16. The lowest BCUT2D eigenvalue weighted by Gasteiger charge is -2.48. The number of hydrogen-bond donors (Lipinski definition) is 3. The SMILES string of the molecule is C/C=C(/C(=O)O[C@H]1C(C)=C[C@]23C(=O)[C@@H](C=C(CO)[C@@H](O)[C@]12O)[C@H]1[C@@H](C[C@H]3C)C1(C)C)c1ccccc1. The Balaban J connectivity index is 1.61. The molecular formula is C30H36O6. The van der Waals surface area contributed by atoms with Crippen molar-refractivity contribution in [3.8, 4) is 0 Å². The van der Waals surface area contributed by atoms with Gasteiger partial charge in [-0.25, -0.2) is 4.79 Å². The van der Waals surface area contributed by atoms with Crippen molar-refractivity contribution < 1.29 is 29.6 Å². The number of aliphatic hydroxyl groups excluding tert-OH is 2. The molecule has 0 heterocycles. The maximum atomic E-state index is 14.4. The number of aliphatic hydroxyl groups is 3. The number of rotatable bonds is 4. The first-order chi connectivity index (χ1) is 17.0. The first-order valence-corrected chi connectivity index (χ1v) is 12.8. The van der Waals surface area contributed by atoms with Crippen molar-refractivity contribution in [1.29, 1.82) is 0 Å². The maximum Gasteiger partial charge on any atom is 0.339 e. The maximum absolute atomic E-state index is 14.4. The summed E-state index contributed by atoms with van der Waals surface area (Å²) in [6.45, 7) is 9.23. The van der Waals surface area contributed by atoms with Crippen LogP contribution < -0.4 is 0 Å². The van der Waals surface area contributed by atoms with E-state index in [9.17, 15) is 24.9 Å². The summed E-state index contributed by atoms with van der Waals surface area (Å²) in [7, 11) is 0. The van der Waals surface area contributed by atoms with Gasteiger partial charge in [-0.3, -0.25) is 4.79 Å². The Kier molecular flexibility index (Phi) is 5.75. The van der Waals surface area contributed by atoms with E-state index >= 15 is 0 Å². The van der Waals surface area contributed by atoms with Gasteiger partial charge in [0.15, 0.2) is 17.5 Å². The van der Waals surface area contributed by atoms with Crippen LogP contribution in [-0.4, -0.2) is 51.5 Å². The van der Waals surface area contributed by atoms with Crippen molar-refractivity contribution in [2.45, 2.75) is 58.8 Å². The van der Waals surface area contributed by atoms with Crippen LogP contribution in [0.5, 0.6) is 0 Å². The van der Waals surface area contributed by atoms with Crippen molar-refractivity contribution >= 4 is 17.3 Å².